The highest BCUT2D eigenvalue weighted by Gasteiger charge is 2.23. The van der Waals surface area contributed by atoms with Crippen LogP contribution in [0.2, 0.25) is 0 Å². The second kappa shape index (κ2) is 11.1. The zero-order valence-corrected chi connectivity index (χ0v) is 17.5. The van der Waals surface area contributed by atoms with Gasteiger partial charge in [0.05, 0.1) is 12.7 Å². The summed E-state index contributed by atoms with van der Waals surface area (Å²) in [5.41, 5.74) is 1.56. The van der Waals surface area contributed by atoms with Crippen molar-refractivity contribution in [2.24, 2.45) is 5.92 Å². The molecule has 9 heteroatoms. The number of carbonyl (C=O) groups is 3. The Bertz CT molecular complexity index is 925. The summed E-state index contributed by atoms with van der Waals surface area (Å²) < 4.78 is 6.52. The van der Waals surface area contributed by atoms with E-state index in [-0.39, 0.29) is 6.04 Å². The molecule has 1 heterocycles. The highest BCUT2D eigenvalue weighted by Crippen LogP contribution is 2.23. The lowest BCUT2D eigenvalue weighted by molar-refractivity contribution is -0.143. The van der Waals surface area contributed by atoms with Crippen LogP contribution in [0, 0.1) is 5.92 Å². The van der Waals surface area contributed by atoms with Crippen molar-refractivity contribution in [1.82, 2.24) is 25.6 Å². The van der Waals surface area contributed by atoms with Crippen LogP contribution in [0.5, 0.6) is 0 Å². The first-order valence-corrected chi connectivity index (χ1v) is 10.4. The number of imide groups is 1. The molecule has 31 heavy (non-hydrogen) atoms. The third-order valence-electron chi connectivity index (χ3n) is 5.16. The van der Waals surface area contributed by atoms with Crippen molar-refractivity contribution in [2.75, 3.05) is 6.61 Å². The van der Waals surface area contributed by atoms with Crippen LogP contribution < -0.4 is 10.6 Å². The zero-order chi connectivity index (χ0) is 22.1. The molecule has 0 bridgehead atoms. The highest BCUT2D eigenvalue weighted by molar-refractivity contribution is 5.96. The van der Waals surface area contributed by atoms with Gasteiger partial charge in [-0.05, 0) is 30.4 Å². The van der Waals surface area contributed by atoms with Gasteiger partial charge in [0.1, 0.15) is 5.69 Å². The van der Waals surface area contributed by atoms with Crippen molar-refractivity contribution in [3.63, 3.8) is 0 Å². The number of benzene rings is 1. The molecule has 1 saturated carbocycles. The summed E-state index contributed by atoms with van der Waals surface area (Å²) in [6.07, 6.45) is 8.49. The Kier molecular flexibility index (Phi) is 7.91. The van der Waals surface area contributed by atoms with Gasteiger partial charge in [0, 0.05) is 12.1 Å². The summed E-state index contributed by atoms with van der Waals surface area (Å²) in [4.78, 5) is 35.6. The minimum Gasteiger partial charge on any atom is -0.452 e. The van der Waals surface area contributed by atoms with Crippen LogP contribution in [0.25, 0.3) is 6.08 Å². The first-order chi connectivity index (χ1) is 15.0. The van der Waals surface area contributed by atoms with Gasteiger partial charge in [-0.3, -0.25) is 10.1 Å². The lowest BCUT2D eigenvalue weighted by Crippen LogP contribution is -2.48. The van der Waals surface area contributed by atoms with Crippen LogP contribution in [0.3, 0.4) is 0 Å². The first-order valence-electron chi connectivity index (χ1n) is 10.4. The van der Waals surface area contributed by atoms with Crippen molar-refractivity contribution in [3.05, 3.63) is 53.9 Å². The minimum atomic E-state index is -0.714. The molecule has 1 aliphatic rings. The second-order valence-electron chi connectivity index (χ2n) is 7.66. The molecule has 3 rings (SSSR count). The quantitative estimate of drug-likeness (QED) is 0.519. The molecule has 1 aromatic carbocycles. The van der Waals surface area contributed by atoms with Gasteiger partial charge in [0.15, 0.2) is 6.61 Å². The van der Waals surface area contributed by atoms with E-state index in [1.807, 2.05) is 30.3 Å². The maximum absolute atomic E-state index is 11.9. The Balaban J connectivity index is 1.38. The summed E-state index contributed by atoms with van der Waals surface area (Å²) >= 11 is 0. The Morgan fingerprint density at radius 3 is 2.74 bits per heavy atom. The highest BCUT2D eigenvalue weighted by atomic mass is 16.5. The first kappa shape index (κ1) is 22.2. The zero-order valence-electron chi connectivity index (χ0n) is 17.5. The van der Waals surface area contributed by atoms with E-state index < -0.39 is 24.5 Å². The number of nitrogens with one attached hydrogen (secondary N) is 2. The summed E-state index contributed by atoms with van der Waals surface area (Å²) in [6.45, 7) is 2.10. The summed E-state index contributed by atoms with van der Waals surface area (Å²) in [5, 5.41) is 13.0. The molecule has 3 amide bonds. The van der Waals surface area contributed by atoms with Crippen molar-refractivity contribution >= 4 is 24.0 Å². The number of ether oxygens (including phenoxy) is 1. The molecule has 1 aromatic heterocycles. The molecule has 9 nitrogen and oxygen atoms in total. The number of aromatic nitrogens is 3. The number of carbonyl (C=O) groups excluding carboxylic acids is 3. The monoisotopic (exact) mass is 425 g/mol. The van der Waals surface area contributed by atoms with Crippen LogP contribution in [-0.4, -0.2) is 45.6 Å². The number of esters is 1. The van der Waals surface area contributed by atoms with E-state index in [2.05, 4.69) is 27.9 Å². The summed E-state index contributed by atoms with van der Waals surface area (Å²) in [7, 11) is 0. The molecule has 0 unspecified atom stereocenters. The molecule has 2 aromatic rings. The molecule has 0 saturated heterocycles. The lowest BCUT2D eigenvalue weighted by atomic mass is 9.86. The van der Waals surface area contributed by atoms with Gasteiger partial charge in [-0.15, -0.1) is 5.10 Å². The third kappa shape index (κ3) is 7.36. The van der Waals surface area contributed by atoms with Gasteiger partial charge in [-0.1, -0.05) is 55.3 Å². The molecule has 1 aliphatic carbocycles. The van der Waals surface area contributed by atoms with Crippen molar-refractivity contribution in [1.29, 1.82) is 0 Å². The number of hydrogen-bond donors (Lipinski definition) is 2. The number of rotatable bonds is 7. The van der Waals surface area contributed by atoms with E-state index in [1.165, 1.54) is 6.08 Å². The van der Waals surface area contributed by atoms with E-state index in [0.29, 0.717) is 18.2 Å². The van der Waals surface area contributed by atoms with Crippen LogP contribution in [-0.2, 0) is 20.9 Å². The number of hydrogen-bond acceptors (Lipinski definition) is 6. The van der Waals surface area contributed by atoms with E-state index in [9.17, 15) is 14.4 Å². The van der Waals surface area contributed by atoms with Crippen LogP contribution in [0.15, 0.2) is 42.6 Å². The normalized spacial score (nSPS) is 18.5. The standard InChI is InChI=1S/C22H27N5O4/c1-16-7-5-6-10-19(16)23-22(30)24-20(28)15-31-21(29)12-11-18-14-27(26-25-18)13-17-8-3-2-4-9-17/h2-4,8-9,11-12,14,16,19H,5-7,10,13,15H2,1H3,(H2,23,24,28,30)/b12-11+/t16-,19-/m1/s1. The maximum Gasteiger partial charge on any atom is 0.331 e. The van der Waals surface area contributed by atoms with Crippen LogP contribution >= 0.6 is 0 Å². The number of urea groups is 1. The van der Waals surface area contributed by atoms with Gasteiger partial charge in [0.25, 0.3) is 5.91 Å². The van der Waals surface area contributed by atoms with Gasteiger partial charge < -0.3 is 10.1 Å². The molecule has 164 valence electrons. The van der Waals surface area contributed by atoms with E-state index in [1.54, 1.807) is 10.9 Å². The predicted octanol–water partition coefficient (Wildman–Crippen LogP) is 2.29. The van der Waals surface area contributed by atoms with Crippen molar-refractivity contribution in [2.45, 2.75) is 45.2 Å². The van der Waals surface area contributed by atoms with Gasteiger partial charge in [-0.25, -0.2) is 14.3 Å². The summed E-state index contributed by atoms with van der Waals surface area (Å²) in [6, 6.07) is 9.28. The number of nitrogens with zero attached hydrogens (tertiary/aromatic N) is 3. The van der Waals surface area contributed by atoms with Crippen LogP contribution in [0.4, 0.5) is 4.79 Å². The Morgan fingerprint density at radius 1 is 1.19 bits per heavy atom. The lowest BCUT2D eigenvalue weighted by Gasteiger charge is -2.29. The second-order valence-corrected chi connectivity index (χ2v) is 7.66. The van der Waals surface area contributed by atoms with E-state index >= 15 is 0 Å². The van der Waals surface area contributed by atoms with Crippen molar-refractivity contribution < 1.29 is 19.1 Å². The average Bonchev–Trinajstić information content (AvgIpc) is 3.20. The molecule has 0 aliphatic heterocycles. The van der Waals surface area contributed by atoms with Crippen LogP contribution in [0.1, 0.15) is 43.9 Å². The molecule has 0 spiro atoms. The molecule has 2 N–H and O–H groups in total. The fourth-order valence-electron chi connectivity index (χ4n) is 3.47. The fourth-order valence-corrected chi connectivity index (χ4v) is 3.47. The summed E-state index contributed by atoms with van der Waals surface area (Å²) in [5.74, 6) is -1.02. The Labute approximate surface area is 180 Å². The maximum atomic E-state index is 11.9. The van der Waals surface area contributed by atoms with Gasteiger partial charge >= 0.3 is 12.0 Å². The topological polar surface area (TPSA) is 115 Å². The third-order valence-corrected chi connectivity index (χ3v) is 5.16. The Morgan fingerprint density at radius 2 is 1.97 bits per heavy atom. The molecule has 0 radical (unpaired) electrons. The van der Waals surface area contributed by atoms with Gasteiger partial charge in [-0.2, -0.15) is 0 Å². The van der Waals surface area contributed by atoms with Crippen molar-refractivity contribution in [3.8, 4) is 0 Å². The van der Waals surface area contributed by atoms with Gasteiger partial charge in [0.2, 0.25) is 0 Å². The molecular weight excluding hydrogens is 398 g/mol. The smallest absolute Gasteiger partial charge is 0.331 e. The SMILES string of the molecule is C[C@@H]1CCCC[C@H]1NC(=O)NC(=O)COC(=O)/C=C/c1cn(Cc2ccccc2)nn1. The largest absolute Gasteiger partial charge is 0.452 e. The molecule has 2 atom stereocenters. The molecular formula is C22H27N5O4. The fraction of sp³-hybridized carbons (Fsp3) is 0.409. The minimum absolute atomic E-state index is 0.0577. The number of amides is 3. The van der Waals surface area contributed by atoms with E-state index in [4.69, 9.17) is 4.74 Å². The molecule has 1 fully saturated rings. The van der Waals surface area contributed by atoms with E-state index in [0.717, 1.165) is 37.3 Å². The predicted molar refractivity (Wildman–Crippen MR) is 114 cm³/mol. The Hall–Kier alpha value is -3.49. The average molecular weight is 425 g/mol.